The van der Waals surface area contributed by atoms with Gasteiger partial charge in [-0.15, -0.1) is 10.2 Å². The first kappa shape index (κ1) is 15.4. The van der Waals surface area contributed by atoms with Crippen LogP contribution in [0, 0.1) is 0 Å². The molecule has 0 fully saturated rings. The van der Waals surface area contributed by atoms with Crippen LogP contribution in [0.5, 0.6) is 0 Å². The van der Waals surface area contributed by atoms with E-state index in [0.29, 0.717) is 11.0 Å². The topological polar surface area (TPSA) is 72.7 Å². The van der Waals surface area contributed by atoms with Crippen LogP contribution in [-0.2, 0) is 11.2 Å². The number of rotatable bonds is 5. The highest BCUT2D eigenvalue weighted by Gasteiger charge is 2.12. The Labute approximate surface area is 138 Å². The van der Waals surface area contributed by atoms with E-state index in [4.69, 9.17) is 0 Å². The Morgan fingerprint density at radius 1 is 1.26 bits per heavy atom. The highest BCUT2D eigenvalue weighted by molar-refractivity contribution is 7.15. The third kappa shape index (κ3) is 3.81. The van der Waals surface area contributed by atoms with Crippen molar-refractivity contribution in [2.45, 2.75) is 26.2 Å². The number of carbonyl (C=O) groups excluding carboxylic acids is 1. The quantitative estimate of drug-likeness (QED) is 0.782. The molecular weight excluding hydrogens is 310 g/mol. The van der Waals surface area contributed by atoms with E-state index in [-0.39, 0.29) is 12.3 Å². The smallest absolute Gasteiger partial charge is 0.230 e. The molecular formula is C16H17N5OS. The minimum atomic E-state index is -0.121. The third-order valence-electron chi connectivity index (χ3n) is 3.20. The summed E-state index contributed by atoms with van der Waals surface area (Å²) in [7, 11) is 0. The summed E-state index contributed by atoms with van der Waals surface area (Å²) in [4.78, 5) is 12.1. The number of carbonyl (C=O) groups is 1. The molecule has 3 aromatic rings. The first-order chi connectivity index (χ1) is 11.1. The highest BCUT2D eigenvalue weighted by Crippen LogP contribution is 2.22. The summed E-state index contributed by atoms with van der Waals surface area (Å²) in [5.41, 5.74) is 1.81. The predicted octanol–water partition coefficient (Wildman–Crippen LogP) is 3.03. The maximum absolute atomic E-state index is 12.1. The first-order valence-electron chi connectivity index (χ1n) is 7.34. The third-order valence-corrected chi connectivity index (χ3v) is 4.34. The summed E-state index contributed by atoms with van der Waals surface area (Å²) in [6.07, 6.45) is 3.81. The summed E-state index contributed by atoms with van der Waals surface area (Å²) in [5, 5.41) is 16.6. The van der Waals surface area contributed by atoms with Gasteiger partial charge in [-0.3, -0.25) is 4.79 Å². The molecule has 0 spiro atoms. The minimum Gasteiger partial charge on any atom is -0.300 e. The molecule has 7 heteroatoms. The van der Waals surface area contributed by atoms with Crippen molar-refractivity contribution in [3.05, 3.63) is 53.3 Å². The molecule has 0 bridgehead atoms. The van der Waals surface area contributed by atoms with Gasteiger partial charge >= 0.3 is 0 Å². The molecule has 6 nitrogen and oxygen atoms in total. The minimum absolute atomic E-state index is 0.121. The summed E-state index contributed by atoms with van der Waals surface area (Å²) in [6.45, 7) is 4.09. The van der Waals surface area contributed by atoms with Crippen LogP contribution < -0.4 is 5.32 Å². The standard InChI is InChI=1S/C16H17N5OS/c1-11(2)15-19-20-16(23-15)18-14(22)8-12-9-17-21(10-12)13-6-4-3-5-7-13/h3-7,9-11H,8H2,1-2H3,(H,18,20,22). The number of nitrogens with one attached hydrogen (secondary N) is 1. The van der Waals surface area contributed by atoms with Gasteiger partial charge in [-0.2, -0.15) is 5.10 Å². The van der Waals surface area contributed by atoms with E-state index in [1.54, 1.807) is 10.9 Å². The number of anilines is 1. The molecule has 0 atom stereocenters. The Balaban J connectivity index is 1.63. The monoisotopic (exact) mass is 327 g/mol. The fourth-order valence-electron chi connectivity index (χ4n) is 2.04. The summed E-state index contributed by atoms with van der Waals surface area (Å²) in [5.74, 6) is 0.186. The zero-order valence-electron chi connectivity index (χ0n) is 12.9. The first-order valence-corrected chi connectivity index (χ1v) is 8.15. The number of hydrogen-bond acceptors (Lipinski definition) is 5. The number of benzene rings is 1. The lowest BCUT2D eigenvalue weighted by Crippen LogP contribution is -2.13. The van der Waals surface area contributed by atoms with Crippen molar-refractivity contribution in [3.63, 3.8) is 0 Å². The van der Waals surface area contributed by atoms with E-state index in [1.807, 2.05) is 50.4 Å². The van der Waals surface area contributed by atoms with E-state index in [0.717, 1.165) is 16.3 Å². The Morgan fingerprint density at radius 3 is 2.74 bits per heavy atom. The lowest BCUT2D eigenvalue weighted by atomic mass is 10.2. The van der Waals surface area contributed by atoms with Gasteiger partial charge < -0.3 is 5.32 Å². The zero-order chi connectivity index (χ0) is 16.2. The molecule has 0 aliphatic rings. The summed E-state index contributed by atoms with van der Waals surface area (Å²) >= 11 is 1.41. The molecule has 3 rings (SSSR count). The van der Waals surface area contributed by atoms with Gasteiger partial charge in [-0.1, -0.05) is 43.4 Å². The molecule has 2 heterocycles. The molecule has 0 radical (unpaired) electrons. The van der Waals surface area contributed by atoms with Gasteiger partial charge in [0.05, 0.1) is 18.3 Å². The molecule has 1 N–H and O–H groups in total. The number of aromatic nitrogens is 4. The number of nitrogens with zero attached hydrogens (tertiary/aromatic N) is 4. The van der Waals surface area contributed by atoms with Crippen LogP contribution in [0.15, 0.2) is 42.7 Å². The van der Waals surface area contributed by atoms with Crippen LogP contribution in [0.3, 0.4) is 0 Å². The fraction of sp³-hybridized carbons (Fsp3) is 0.250. The molecule has 0 aliphatic heterocycles. The molecule has 2 aromatic heterocycles. The number of amides is 1. The van der Waals surface area contributed by atoms with Crippen molar-refractivity contribution in [2.24, 2.45) is 0 Å². The molecule has 23 heavy (non-hydrogen) atoms. The van der Waals surface area contributed by atoms with E-state index in [1.165, 1.54) is 11.3 Å². The Kier molecular flexibility index (Phi) is 4.47. The molecule has 0 saturated heterocycles. The van der Waals surface area contributed by atoms with E-state index in [2.05, 4.69) is 20.6 Å². The lowest BCUT2D eigenvalue weighted by molar-refractivity contribution is -0.115. The maximum atomic E-state index is 12.1. The fourth-order valence-corrected chi connectivity index (χ4v) is 2.80. The van der Waals surface area contributed by atoms with E-state index in [9.17, 15) is 4.79 Å². The normalized spacial score (nSPS) is 10.9. The van der Waals surface area contributed by atoms with Gasteiger partial charge in [0, 0.05) is 12.1 Å². The van der Waals surface area contributed by atoms with Crippen molar-refractivity contribution in [1.82, 2.24) is 20.0 Å². The van der Waals surface area contributed by atoms with Gasteiger partial charge in [0.2, 0.25) is 11.0 Å². The average molecular weight is 327 g/mol. The highest BCUT2D eigenvalue weighted by atomic mass is 32.1. The van der Waals surface area contributed by atoms with Crippen LogP contribution in [0.25, 0.3) is 5.69 Å². The maximum Gasteiger partial charge on any atom is 0.230 e. The summed E-state index contributed by atoms with van der Waals surface area (Å²) in [6, 6.07) is 9.78. The van der Waals surface area contributed by atoms with Crippen LogP contribution in [0.4, 0.5) is 5.13 Å². The molecule has 0 aliphatic carbocycles. The van der Waals surface area contributed by atoms with Crippen LogP contribution in [0.2, 0.25) is 0 Å². The van der Waals surface area contributed by atoms with Crippen LogP contribution >= 0.6 is 11.3 Å². The van der Waals surface area contributed by atoms with Crippen LogP contribution in [0.1, 0.15) is 30.3 Å². The van der Waals surface area contributed by atoms with Crippen molar-refractivity contribution in [3.8, 4) is 5.69 Å². The average Bonchev–Trinajstić information content (AvgIpc) is 3.18. The SMILES string of the molecule is CC(C)c1nnc(NC(=O)Cc2cnn(-c3ccccc3)c2)s1. The van der Waals surface area contributed by atoms with Crippen molar-refractivity contribution < 1.29 is 4.79 Å². The lowest BCUT2D eigenvalue weighted by Gasteiger charge is -2.00. The Morgan fingerprint density at radius 2 is 2.04 bits per heavy atom. The largest absolute Gasteiger partial charge is 0.300 e. The predicted molar refractivity (Wildman–Crippen MR) is 89.9 cm³/mol. The van der Waals surface area contributed by atoms with Crippen molar-refractivity contribution in [1.29, 1.82) is 0 Å². The molecule has 1 aromatic carbocycles. The van der Waals surface area contributed by atoms with Crippen molar-refractivity contribution in [2.75, 3.05) is 5.32 Å². The van der Waals surface area contributed by atoms with Gasteiger partial charge in [-0.05, 0) is 17.7 Å². The van der Waals surface area contributed by atoms with E-state index >= 15 is 0 Å². The number of para-hydroxylation sites is 1. The second kappa shape index (κ2) is 6.70. The second-order valence-electron chi connectivity index (χ2n) is 5.45. The van der Waals surface area contributed by atoms with Gasteiger partial charge in [0.15, 0.2) is 0 Å². The zero-order valence-corrected chi connectivity index (χ0v) is 13.7. The molecule has 118 valence electrons. The van der Waals surface area contributed by atoms with Crippen LogP contribution in [-0.4, -0.2) is 25.9 Å². The Hall–Kier alpha value is -2.54. The summed E-state index contributed by atoms with van der Waals surface area (Å²) < 4.78 is 1.75. The molecule has 0 unspecified atom stereocenters. The molecule has 0 saturated carbocycles. The second-order valence-corrected chi connectivity index (χ2v) is 6.46. The van der Waals surface area contributed by atoms with Gasteiger partial charge in [0.25, 0.3) is 0 Å². The molecule has 1 amide bonds. The number of hydrogen-bond donors (Lipinski definition) is 1. The van der Waals surface area contributed by atoms with Crippen molar-refractivity contribution >= 4 is 22.4 Å². The Bertz CT molecular complexity index is 794. The van der Waals surface area contributed by atoms with E-state index < -0.39 is 0 Å². The van der Waals surface area contributed by atoms with Gasteiger partial charge in [-0.25, -0.2) is 4.68 Å². The van der Waals surface area contributed by atoms with Gasteiger partial charge in [0.1, 0.15) is 5.01 Å².